The van der Waals surface area contributed by atoms with E-state index in [2.05, 4.69) is 60.2 Å². The van der Waals surface area contributed by atoms with Gasteiger partial charge in [0.15, 0.2) is 0 Å². The molecule has 5 rings (SSSR count). The van der Waals surface area contributed by atoms with Crippen molar-refractivity contribution in [2.45, 2.75) is 6.92 Å². The molecule has 1 aliphatic heterocycles. The molecular weight excluding hydrogens is 466 g/mol. The van der Waals surface area contributed by atoms with Gasteiger partial charge in [0.2, 0.25) is 11.9 Å². The molecular formula is C27H27N9O. The maximum Gasteiger partial charge on any atom is 0.247 e. The van der Waals surface area contributed by atoms with Crippen LogP contribution in [0.3, 0.4) is 0 Å². The van der Waals surface area contributed by atoms with Crippen molar-refractivity contribution in [3.05, 3.63) is 67.0 Å². The fourth-order valence-electron chi connectivity index (χ4n) is 4.47. The van der Waals surface area contributed by atoms with Crippen molar-refractivity contribution in [1.82, 2.24) is 25.1 Å². The normalized spacial score (nSPS) is 13.8. The highest BCUT2D eigenvalue weighted by Crippen LogP contribution is 2.32. The van der Waals surface area contributed by atoms with Crippen molar-refractivity contribution in [1.29, 1.82) is 5.26 Å². The molecule has 0 radical (unpaired) electrons. The number of nitriles is 1. The van der Waals surface area contributed by atoms with E-state index >= 15 is 0 Å². The quantitative estimate of drug-likeness (QED) is 0.331. The Morgan fingerprint density at radius 1 is 1.19 bits per heavy atom. The van der Waals surface area contributed by atoms with E-state index in [4.69, 9.17) is 0 Å². The van der Waals surface area contributed by atoms with Gasteiger partial charge >= 0.3 is 0 Å². The fourth-order valence-corrected chi connectivity index (χ4v) is 4.47. The zero-order chi connectivity index (χ0) is 25.8. The molecule has 37 heavy (non-hydrogen) atoms. The first kappa shape index (κ1) is 24.0. The lowest BCUT2D eigenvalue weighted by Gasteiger charge is -2.35. The number of amides is 1. The van der Waals surface area contributed by atoms with Crippen LogP contribution >= 0.6 is 0 Å². The second-order valence-corrected chi connectivity index (χ2v) is 8.67. The molecule has 0 unspecified atom stereocenters. The first-order chi connectivity index (χ1) is 18.1. The van der Waals surface area contributed by atoms with Gasteiger partial charge in [-0.2, -0.15) is 10.4 Å². The number of nitrogens with zero attached hydrogens (tertiary/aromatic N) is 6. The van der Waals surface area contributed by atoms with E-state index in [9.17, 15) is 10.1 Å². The van der Waals surface area contributed by atoms with E-state index in [1.54, 1.807) is 6.20 Å². The van der Waals surface area contributed by atoms with Crippen LogP contribution in [0.15, 0.2) is 61.4 Å². The van der Waals surface area contributed by atoms with Crippen LogP contribution in [0.4, 0.5) is 23.0 Å². The third-order valence-electron chi connectivity index (χ3n) is 6.53. The van der Waals surface area contributed by atoms with Crippen molar-refractivity contribution in [2.24, 2.45) is 0 Å². The molecule has 1 fully saturated rings. The Morgan fingerprint density at radius 3 is 2.78 bits per heavy atom. The Morgan fingerprint density at radius 2 is 2.03 bits per heavy atom. The van der Waals surface area contributed by atoms with Crippen LogP contribution < -0.4 is 15.5 Å². The molecule has 4 aromatic rings. The van der Waals surface area contributed by atoms with Gasteiger partial charge in [-0.3, -0.25) is 9.89 Å². The van der Waals surface area contributed by atoms with Gasteiger partial charge < -0.3 is 20.4 Å². The molecule has 10 nitrogen and oxygen atoms in total. The summed E-state index contributed by atoms with van der Waals surface area (Å²) in [6, 6.07) is 13.7. The summed E-state index contributed by atoms with van der Waals surface area (Å²) < 4.78 is 0. The lowest BCUT2D eigenvalue weighted by atomic mass is 10.0. The van der Waals surface area contributed by atoms with Crippen LogP contribution in [-0.2, 0) is 4.79 Å². The number of fused-ring (bicyclic) bond motifs is 1. The van der Waals surface area contributed by atoms with Gasteiger partial charge in [-0.25, -0.2) is 9.97 Å². The second kappa shape index (κ2) is 10.5. The maximum absolute atomic E-state index is 12.2. The molecule has 2 aromatic heterocycles. The molecule has 1 saturated heterocycles. The minimum atomic E-state index is -0.316. The number of aromatic nitrogens is 4. The van der Waals surface area contributed by atoms with Crippen molar-refractivity contribution in [3.63, 3.8) is 0 Å². The monoisotopic (exact) mass is 493 g/mol. The summed E-state index contributed by atoms with van der Waals surface area (Å²) in [6.07, 6.45) is 4.44. The second-order valence-electron chi connectivity index (χ2n) is 8.67. The van der Waals surface area contributed by atoms with Gasteiger partial charge in [0, 0.05) is 42.8 Å². The third kappa shape index (κ3) is 4.98. The van der Waals surface area contributed by atoms with E-state index in [1.807, 2.05) is 36.4 Å². The topological polar surface area (TPSA) is 126 Å². The van der Waals surface area contributed by atoms with Gasteiger partial charge in [-0.05, 0) is 36.9 Å². The van der Waals surface area contributed by atoms with Gasteiger partial charge in [0.1, 0.15) is 6.07 Å². The summed E-state index contributed by atoms with van der Waals surface area (Å²) in [6.45, 7) is 10.6. The fraction of sp³-hybridized carbons (Fsp3) is 0.222. The van der Waals surface area contributed by atoms with E-state index < -0.39 is 0 Å². The maximum atomic E-state index is 12.2. The number of carbonyl (C=O) groups is 1. The van der Waals surface area contributed by atoms with E-state index in [0.29, 0.717) is 28.6 Å². The van der Waals surface area contributed by atoms with Gasteiger partial charge in [-0.1, -0.05) is 25.6 Å². The number of H-pyrrole nitrogens is 1. The van der Waals surface area contributed by atoms with E-state index in [1.165, 1.54) is 12.3 Å². The standard InChI is InChI=1S/C27H27N9O/c1-3-25(37)31-24-14-19(36-12-10-35(4-2)11-13-36)8-9-23(24)32-27-29-16-18(15-28)26(33-27)20-6-5-7-22-21(20)17-30-34-22/h3,5-9,14,16-17H,1,4,10-13H2,2H3,(H,30,34)(H,31,37)(H,29,32,33). The Balaban J connectivity index is 1.48. The molecule has 2 aromatic carbocycles. The Hall–Kier alpha value is -4.75. The minimum Gasteiger partial charge on any atom is -0.369 e. The molecule has 1 aliphatic rings. The molecule has 3 heterocycles. The number of benzene rings is 2. The molecule has 10 heteroatoms. The average molecular weight is 494 g/mol. The zero-order valence-corrected chi connectivity index (χ0v) is 20.5. The molecule has 0 atom stereocenters. The minimum absolute atomic E-state index is 0.299. The molecule has 3 N–H and O–H groups in total. The smallest absolute Gasteiger partial charge is 0.247 e. The molecule has 0 saturated carbocycles. The highest BCUT2D eigenvalue weighted by molar-refractivity contribution is 6.02. The number of piperazine rings is 1. The number of aromatic amines is 1. The zero-order valence-electron chi connectivity index (χ0n) is 20.5. The summed E-state index contributed by atoms with van der Waals surface area (Å²) in [4.78, 5) is 26.0. The summed E-state index contributed by atoms with van der Waals surface area (Å²) >= 11 is 0. The molecule has 0 spiro atoms. The van der Waals surface area contributed by atoms with Crippen molar-refractivity contribution in [2.75, 3.05) is 48.3 Å². The highest BCUT2D eigenvalue weighted by Gasteiger charge is 2.19. The first-order valence-corrected chi connectivity index (χ1v) is 12.1. The van der Waals surface area contributed by atoms with Crippen LogP contribution in [0.1, 0.15) is 12.5 Å². The number of carbonyl (C=O) groups excluding carboxylic acids is 1. The Bertz CT molecular complexity index is 1500. The summed E-state index contributed by atoms with van der Waals surface area (Å²) in [5.74, 6) is -0.0167. The SMILES string of the molecule is C=CC(=O)Nc1cc(N2CCN(CC)CC2)ccc1Nc1ncc(C#N)c(-c2cccc3[nH]ncc23)n1. The lowest BCUT2D eigenvalue weighted by Crippen LogP contribution is -2.46. The molecule has 186 valence electrons. The van der Waals surface area contributed by atoms with Crippen LogP contribution in [0.25, 0.3) is 22.2 Å². The van der Waals surface area contributed by atoms with Crippen LogP contribution in [0.5, 0.6) is 0 Å². The van der Waals surface area contributed by atoms with Crippen molar-refractivity contribution >= 4 is 39.8 Å². The number of hydrogen-bond donors (Lipinski definition) is 3. The van der Waals surface area contributed by atoms with Crippen molar-refractivity contribution in [3.8, 4) is 17.3 Å². The molecule has 0 aliphatic carbocycles. The van der Waals surface area contributed by atoms with E-state index in [0.717, 1.165) is 54.9 Å². The van der Waals surface area contributed by atoms with Gasteiger partial charge in [0.05, 0.1) is 40.5 Å². The number of likely N-dealkylation sites (N-methyl/N-ethyl adjacent to an activating group) is 1. The predicted octanol–water partition coefficient (Wildman–Crippen LogP) is 3.90. The number of hydrogen-bond acceptors (Lipinski definition) is 8. The number of nitrogens with one attached hydrogen (secondary N) is 3. The van der Waals surface area contributed by atoms with Crippen LogP contribution in [-0.4, -0.2) is 63.7 Å². The Labute approximate surface area is 214 Å². The summed E-state index contributed by atoms with van der Waals surface area (Å²) in [5, 5.41) is 23.7. The average Bonchev–Trinajstić information content (AvgIpc) is 3.43. The lowest BCUT2D eigenvalue weighted by molar-refractivity contribution is -0.111. The predicted molar refractivity (Wildman–Crippen MR) is 145 cm³/mol. The van der Waals surface area contributed by atoms with Gasteiger partial charge in [0.25, 0.3) is 0 Å². The molecule has 1 amide bonds. The van der Waals surface area contributed by atoms with Crippen LogP contribution in [0.2, 0.25) is 0 Å². The third-order valence-corrected chi connectivity index (χ3v) is 6.53. The highest BCUT2D eigenvalue weighted by atomic mass is 16.1. The summed E-state index contributed by atoms with van der Waals surface area (Å²) in [5.41, 5.74) is 4.70. The first-order valence-electron chi connectivity index (χ1n) is 12.1. The number of rotatable bonds is 7. The number of anilines is 4. The Kier molecular flexibility index (Phi) is 6.78. The summed E-state index contributed by atoms with van der Waals surface area (Å²) in [7, 11) is 0. The van der Waals surface area contributed by atoms with Gasteiger partial charge in [-0.15, -0.1) is 0 Å². The largest absolute Gasteiger partial charge is 0.369 e. The van der Waals surface area contributed by atoms with Crippen LogP contribution in [0, 0.1) is 11.3 Å². The van der Waals surface area contributed by atoms with E-state index in [-0.39, 0.29) is 5.91 Å². The molecule has 0 bridgehead atoms. The van der Waals surface area contributed by atoms with Crippen molar-refractivity contribution < 1.29 is 4.79 Å².